The van der Waals surface area contributed by atoms with Crippen molar-refractivity contribution in [3.05, 3.63) is 0 Å². The molecule has 0 aliphatic carbocycles. The first-order valence-corrected chi connectivity index (χ1v) is 9.75. The molecule has 0 aliphatic heterocycles. The molecule has 0 heterocycles. The number of aliphatic hydroxyl groups excluding tert-OH is 1. The van der Waals surface area contributed by atoms with Gasteiger partial charge >= 0.3 is 11.9 Å². The molecule has 3 atom stereocenters. The fraction of sp³-hybridized carbons (Fsp3) is 0.750. The fourth-order valence-electron chi connectivity index (χ4n) is 2.15. The Morgan fingerprint density at radius 2 is 1.78 bits per heavy atom. The predicted molar refractivity (Wildman–Crippen MR) is 100 cm³/mol. The molecule has 11 heteroatoms. The van der Waals surface area contributed by atoms with E-state index in [4.69, 9.17) is 21.1 Å². The molecule has 7 N–H and O–H groups in total. The highest BCUT2D eigenvalue weighted by Gasteiger charge is 2.23. The molecule has 0 aromatic carbocycles. The Kier molecular flexibility index (Phi) is 13.3. The highest BCUT2D eigenvalue weighted by Crippen LogP contribution is 2.20. The summed E-state index contributed by atoms with van der Waals surface area (Å²) >= 11 is 1.41. The van der Waals surface area contributed by atoms with Gasteiger partial charge in [0, 0.05) is 24.0 Å². The summed E-state index contributed by atoms with van der Waals surface area (Å²) in [6.07, 6.45) is 2.02. The molecular formula is C16H29N3O7S. The van der Waals surface area contributed by atoms with Crippen molar-refractivity contribution in [1.82, 2.24) is 10.6 Å². The van der Waals surface area contributed by atoms with Crippen LogP contribution in [0.2, 0.25) is 0 Å². The first-order chi connectivity index (χ1) is 12.7. The van der Waals surface area contributed by atoms with Crippen LogP contribution in [0.15, 0.2) is 0 Å². The maximum atomic E-state index is 12.2. The van der Waals surface area contributed by atoms with Crippen molar-refractivity contribution in [3.63, 3.8) is 0 Å². The van der Waals surface area contributed by atoms with Crippen LogP contribution in [0.4, 0.5) is 0 Å². The molecule has 2 amide bonds. The topological polar surface area (TPSA) is 179 Å². The van der Waals surface area contributed by atoms with Crippen LogP contribution in [0.3, 0.4) is 0 Å². The molecule has 0 aromatic heterocycles. The lowest BCUT2D eigenvalue weighted by Crippen LogP contribution is -2.49. The molecule has 1 unspecified atom stereocenters. The number of aliphatic carboxylic acids is 2. The number of amides is 2. The summed E-state index contributed by atoms with van der Waals surface area (Å²) in [6.45, 7) is 1.43. The second kappa shape index (κ2) is 14.2. The van der Waals surface area contributed by atoms with Gasteiger partial charge in [0.2, 0.25) is 11.8 Å². The lowest BCUT2D eigenvalue weighted by atomic mass is 10.1. The third kappa shape index (κ3) is 12.2. The van der Waals surface area contributed by atoms with Crippen LogP contribution >= 0.6 is 11.8 Å². The average molecular weight is 407 g/mol. The van der Waals surface area contributed by atoms with Gasteiger partial charge in [0.15, 0.2) is 0 Å². The zero-order valence-corrected chi connectivity index (χ0v) is 16.2. The molecular weight excluding hydrogens is 378 g/mol. The summed E-state index contributed by atoms with van der Waals surface area (Å²) in [7, 11) is 0. The van der Waals surface area contributed by atoms with Gasteiger partial charge in [-0.15, -0.1) is 0 Å². The van der Waals surface area contributed by atoms with E-state index in [9.17, 15) is 19.2 Å². The van der Waals surface area contributed by atoms with Crippen LogP contribution in [-0.4, -0.2) is 75.3 Å². The van der Waals surface area contributed by atoms with E-state index in [-0.39, 0.29) is 30.5 Å². The fourth-order valence-corrected chi connectivity index (χ4v) is 3.53. The van der Waals surface area contributed by atoms with Crippen molar-refractivity contribution >= 4 is 35.5 Å². The van der Waals surface area contributed by atoms with Gasteiger partial charge < -0.3 is 31.7 Å². The normalized spacial score (nSPS) is 14.0. The molecule has 10 nitrogen and oxygen atoms in total. The molecule has 156 valence electrons. The van der Waals surface area contributed by atoms with E-state index in [1.54, 1.807) is 0 Å². The van der Waals surface area contributed by atoms with Crippen molar-refractivity contribution in [2.45, 2.75) is 56.4 Å². The minimum absolute atomic E-state index is 0.00692. The number of carboxylic acids is 2. The van der Waals surface area contributed by atoms with E-state index >= 15 is 0 Å². The summed E-state index contributed by atoms with van der Waals surface area (Å²) in [4.78, 5) is 45.5. The van der Waals surface area contributed by atoms with Gasteiger partial charge in [0.25, 0.3) is 0 Å². The number of hydrogen-bond donors (Lipinski definition) is 6. The lowest BCUT2D eigenvalue weighted by Gasteiger charge is -2.21. The smallest absolute Gasteiger partial charge is 0.322 e. The SMILES string of the molecule is CCCC(CCO)SC[C@H](NC(=O)CC[C@H](N)C(=O)O)C(=O)NCC(=O)O. The molecule has 27 heavy (non-hydrogen) atoms. The minimum Gasteiger partial charge on any atom is -0.480 e. The Balaban J connectivity index is 4.80. The Morgan fingerprint density at radius 3 is 2.30 bits per heavy atom. The summed E-state index contributed by atoms with van der Waals surface area (Å²) in [6, 6.07) is -2.15. The van der Waals surface area contributed by atoms with Crippen molar-refractivity contribution in [2.24, 2.45) is 5.73 Å². The van der Waals surface area contributed by atoms with Crippen LogP contribution < -0.4 is 16.4 Å². The molecule has 0 radical (unpaired) electrons. The van der Waals surface area contributed by atoms with Crippen LogP contribution in [0.25, 0.3) is 0 Å². The van der Waals surface area contributed by atoms with E-state index in [1.807, 2.05) is 6.92 Å². The Morgan fingerprint density at radius 1 is 1.11 bits per heavy atom. The van der Waals surface area contributed by atoms with E-state index in [2.05, 4.69) is 10.6 Å². The second-order valence-electron chi connectivity index (χ2n) is 5.97. The number of carbonyl (C=O) groups is 4. The molecule has 0 saturated carbocycles. The zero-order chi connectivity index (χ0) is 20.8. The number of carboxylic acid groups (broad SMARTS) is 2. The summed E-state index contributed by atoms with van der Waals surface area (Å²) < 4.78 is 0. The van der Waals surface area contributed by atoms with Gasteiger partial charge in [0.1, 0.15) is 18.6 Å². The van der Waals surface area contributed by atoms with E-state index in [1.165, 1.54) is 11.8 Å². The van der Waals surface area contributed by atoms with Crippen LogP contribution in [0.1, 0.15) is 39.0 Å². The largest absolute Gasteiger partial charge is 0.480 e. The van der Waals surface area contributed by atoms with Crippen molar-refractivity contribution in [1.29, 1.82) is 0 Å². The van der Waals surface area contributed by atoms with Gasteiger partial charge in [-0.1, -0.05) is 13.3 Å². The number of aliphatic hydroxyl groups is 1. The van der Waals surface area contributed by atoms with Crippen LogP contribution in [0.5, 0.6) is 0 Å². The summed E-state index contributed by atoms with van der Waals surface area (Å²) in [5.41, 5.74) is 5.35. The Hall–Kier alpha value is -1.85. The number of nitrogens with two attached hydrogens (primary N) is 1. The van der Waals surface area contributed by atoms with Gasteiger partial charge in [-0.05, 0) is 19.3 Å². The first kappa shape index (κ1) is 25.1. The van der Waals surface area contributed by atoms with Crippen LogP contribution in [0, 0.1) is 0 Å². The first-order valence-electron chi connectivity index (χ1n) is 8.70. The van der Waals surface area contributed by atoms with Gasteiger partial charge in [-0.2, -0.15) is 11.8 Å². The van der Waals surface area contributed by atoms with Crippen LogP contribution in [-0.2, 0) is 19.2 Å². The lowest BCUT2D eigenvalue weighted by molar-refractivity contribution is -0.139. The zero-order valence-electron chi connectivity index (χ0n) is 15.3. The average Bonchev–Trinajstić information content (AvgIpc) is 2.60. The van der Waals surface area contributed by atoms with Crippen molar-refractivity contribution < 1.29 is 34.5 Å². The van der Waals surface area contributed by atoms with Gasteiger partial charge in [0.05, 0.1) is 0 Å². The van der Waals surface area contributed by atoms with Gasteiger partial charge in [-0.25, -0.2) is 0 Å². The maximum absolute atomic E-state index is 12.2. The van der Waals surface area contributed by atoms with Crippen molar-refractivity contribution in [3.8, 4) is 0 Å². The Labute approximate surface area is 162 Å². The maximum Gasteiger partial charge on any atom is 0.322 e. The van der Waals surface area contributed by atoms with E-state index < -0.39 is 42.4 Å². The third-order valence-electron chi connectivity index (χ3n) is 3.63. The number of hydrogen-bond acceptors (Lipinski definition) is 7. The quantitative estimate of drug-likeness (QED) is 0.201. The summed E-state index contributed by atoms with van der Waals surface area (Å²) in [5.74, 6) is -3.41. The molecule has 0 bridgehead atoms. The Bertz CT molecular complexity index is 498. The van der Waals surface area contributed by atoms with Crippen molar-refractivity contribution in [2.75, 3.05) is 18.9 Å². The molecule has 0 saturated heterocycles. The number of nitrogens with one attached hydrogen (secondary N) is 2. The number of carbonyl (C=O) groups excluding carboxylic acids is 2. The minimum atomic E-state index is -1.22. The predicted octanol–water partition coefficient (Wildman–Crippen LogP) is -0.852. The third-order valence-corrected chi connectivity index (χ3v) is 5.09. The highest BCUT2D eigenvalue weighted by molar-refractivity contribution is 7.99. The molecule has 0 spiro atoms. The number of rotatable bonds is 15. The molecule has 0 rings (SSSR count). The van der Waals surface area contributed by atoms with E-state index in [0.29, 0.717) is 6.42 Å². The number of thioether (sulfide) groups is 1. The second-order valence-corrected chi connectivity index (χ2v) is 7.30. The van der Waals surface area contributed by atoms with Gasteiger partial charge in [-0.3, -0.25) is 19.2 Å². The molecule has 0 aromatic rings. The molecule has 0 fully saturated rings. The summed E-state index contributed by atoms with van der Waals surface area (Å²) in [5, 5.41) is 31.3. The highest BCUT2D eigenvalue weighted by atomic mass is 32.2. The standard InChI is InChI=1S/C16H29N3O7S/c1-2-3-10(6-7-20)27-9-12(15(24)18-8-14(22)23)19-13(21)5-4-11(17)16(25)26/h10-12,20H,2-9,17H2,1H3,(H,18,24)(H,19,21)(H,22,23)(H,25,26)/t10?,11-,12-/m0/s1. The van der Waals surface area contributed by atoms with E-state index in [0.717, 1.165) is 12.8 Å². The molecule has 0 aliphatic rings. The monoisotopic (exact) mass is 407 g/mol.